The number of ether oxygens (including phenoxy) is 1. The highest BCUT2D eigenvalue weighted by Crippen LogP contribution is 2.27. The van der Waals surface area contributed by atoms with E-state index >= 15 is 0 Å². The number of thiazole rings is 1. The Morgan fingerprint density at radius 1 is 1.07 bits per heavy atom. The lowest BCUT2D eigenvalue weighted by Crippen LogP contribution is -1.92. The number of nitrogens with one attached hydrogen (secondary N) is 1. The van der Waals surface area contributed by atoms with Gasteiger partial charge in [0.25, 0.3) is 0 Å². The third-order valence-corrected chi connectivity index (χ3v) is 4.94. The van der Waals surface area contributed by atoms with Gasteiger partial charge in [0.05, 0.1) is 19.0 Å². The number of anilines is 1. The van der Waals surface area contributed by atoms with Crippen molar-refractivity contribution in [3.63, 3.8) is 0 Å². The van der Waals surface area contributed by atoms with E-state index in [1.807, 2.05) is 60.0 Å². The number of methoxy groups -OCH3 is 1. The molecule has 4 aromatic rings. The van der Waals surface area contributed by atoms with Crippen molar-refractivity contribution in [2.75, 3.05) is 12.5 Å². The van der Waals surface area contributed by atoms with Gasteiger partial charge in [-0.3, -0.25) is 5.43 Å². The number of phenols is 1. The van der Waals surface area contributed by atoms with Crippen molar-refractivity contribution >= 4 is 33.5 Å². The number of fused-ring (bicyclic) bond motifs is 1. The maximum absolute atomic E-state index is 10.2. The van der Waals surface area contributed by atoms with Crippen molar-refractivity contribution < 1.29 is 9.84 Å². The number of aromatic nitrogens is 1. The van der Waals surface area contributed by atoms with Gasteiger partial charge >= 0.3 is 0 Å². The average Bonchev–Trinajstić information content (AvgIpc) is 3.18. The molecule has 5 nitrogen and oxygen atoms in total. The summed E-state index contributed by atoms with van der Waals surface area (Å²) in [5, 5.41) is 19.0. The van der Waals surface area contributed by atoms with Crippen LogP contribution in [0.5, 0.6) is 11.5 Å². The van der Waals surface area contributed by atoms with Crippen LogP contribution in [0.25, 0.3) is 22.0 Å². The van der Waals surface area contributed by atoms with E-state index in [2.05, 4.69) is 15.5 Å². The summed E-state index contributed by atoms with van der Waals surface area (Å²) in [7, 11) is 1.64. The summed E-state index contributed by atoms with van der Waals surface area (Å²) >= 11 is 1.47. The molecular weight excluding hydrogens is 358 g/mol. The molecule has 0 aliphatic heterocycles. The summed E-state index contributed by atoms with van der Waals surface area (Å²) in [5.74, 6) is 1.00. The van der Waals surface area contributed by atoms with Crippen molar-refractivity contribution in [3.05, 3.63) is 71.6 Å². The van der Waals surface area contributed by atoms with Gasteiger partial charge in [-0.1, -0.05) is 30.3 Å². The Kier molecular flexibility index (Phi) is 4.72. The topological polar surface area (TPSA) is 66.7 Å². The zero-order chi connectivity index (χ0) is 18.6. The van der Waals surface area contributed by atoms with E-state index in [9.17, 15) is 5.11 Å². The van der Waals surface area contributed by atoms with Crippen LogP contribution in [0.2, 0.25) is 0 Å². The van der Waals surface area contributed by atoms with E-state index in [0.29, 0.717) is 10.7 Å². The molecule has 0 bridgehead atoms. The van der Waals surface area contributed by atoms with Crippen molar-refractivity contribution in [1.82, 2.24) is 4.98 Å². The van der Waals surface area contributed by atoms with Gasteiger partial charge in [0.15, 0.2) is 0 Å². The Balaban J connectivity index is 1.53. The molecule has 1 heterocycles. The van der Waals surface area contributed by atoms with Crippen molar-refractivity contribution in [3.8, 4) is 22.8 Å². The van der Waals surface area contributed by atoms with Gasteiger partial charge in [0.2, 0.25) is 5.13 Å². The summed E-state index contributed by atoms with van der Waals surface area (Å²) < 4.78 is 5.18. The van der Waals surface area contributed by atoms with Gasteiger partial charge in [-0.15, -0.1) is 11.3 Å². The summed E-state index contributed by atoms with van der Waals surface area (Å²) in [5.41, 5.74) is 5.49. The third kappa shape index (κ3) is 3.61. The van der Waals surface area contributed by atoms with Gasteiger partial charge < -0.3 is 9.84 Å². The molecule has 0 radical (unpaired) electrons. The summed E-state index contributed by atoms with van der Waals surface area (Å²) in [6.07, 6.45) is 1.62. The fourth-order valence-corrected chi connectivity index (χ4v) is 3.46. The minimum Gasteiger partial charge on any atom is -0.507 e. The van der Waals surface area contributed by atoms with Gasteiger partial charge in [-0.05, 0) is 41.1 Å². The average molecular weight is 375 g/mol. The lowest BCUT2D eigenvalue weighted by atomic mass is 10.0. The van der Waals surface area contributed by atoms with E-state index in [4.69, 9.17) is 4.74 Å². The number of benzene rings is 3. The van der Waals surface area contributed by atoms with E-state index in [0.717, 1.165) is 27.8 Å². The minimum atomic E-state index is 0.192. The zero-order valence-electron chi connectivity index (χ0n) is 14.6. The van der Waals surface area contributed by atoms with Crippen LogP contribution in [0.1, 0.15) is 5.56 Å². The SMILES string of the molecule is COc1ccc(-c2csc(N/N=C/c3c(O)ccc4ccccc34)n2)cc1. The van der Waals surface area contributed by atoms with Gasteiger partial charge in [0, 0.05) is 16.5 Å². The Labute approximate surface area is 160 Å². The molecular formula is C21H17N3O2S. The summed E-state index contributed by atoms with van der Waals surface area (Å²) in [6, 6.07) is 19.2. The van der Waals surface area contributed by atoms with Crippen LogP contribution in [0.3, 0.4) is 0 Å². The van der Waals surface area contributed by atoms with E-state index in [-0.39, 0.29) is 5.75 Å². The Morgan fingerprint density at radius 2 is 1.89 bits per heavy atom. The largest absolute Gasteiger partial charge is 0.507 e. The van der Waals surface area contributed by atoms with Crippen LogP contribution in [-0.4, -0.2) is 23.4 Å². The monoisotopic (exact) mass is 375 g/mol. The normalized spacial score (nSPS) is 11.1. The lowest BCUT2D eigenvalue weighted by Gasteiger charge is -2.04. The molecule has 0 unspecified atom stereocenters. The molecule has 4 rings (SSSR count). The smallest absolute Gasteiger partial charge is 0.203 e. The number of phenolic OH excluding ortho intramolecular Hbond substituents is 1. The molecule has 0 aliphatic carbocycles. The number of hydrazone groups is 1. The minimum absolute atomic E-state index is 0.192. The molecule has 1 aromatic heterocycles. The van der Waals surface area contributed by atoms with E-state index in [1.54, 1.807) is 19.4 Å². The third-order valence-electron chi connectivity index (χ3n) is 4.19. The summed E-state index contributed by atoms with van der Waals surface area (Å²) in [4.78, 5) is 4.54. The van der Waals surface area contributed by atoms with Crippen molar-refractivity contribution in [1.29, 1.82) is 0 Å². The second kappa shape index (κ2) is 7.47. The molecule has 0 saturated carbocycles. The maximum Gasteiger partial charge on any atom is 0.203 e. The first-order chi connectivity index (χ1) is 13.2. The summed E-state index contributed by atoms with van der Waals surface area (Å²) in [6.45, 7) is 0. The fourth-order valence-electron chi connectivity index (χ4n) is 2.79. The molecule has 0 fully saturated rings. The second-order valence-electron chi connectivity index (χ2n) is 5.86. The predicted molar refractivity (Wildman–Crippen MR) is 111 cm³/mol. The Morgan fingerprint density at radius 3 is 2.70 bits per heavy atom. The number of hydrogen-bond donors (Lipinski definition) is 2. The maximum atomic E-state index is 10.2. The standard InChI is InChI=1S/C21H17N3O2S/c1-26-16-9-6-15(7-10-16)19-13-27-21(23-19)24-22-12-18-17-5-3-2-4-14(17)8-11-20(18)25/h2-13,25H,1H3,(H,23,24)/b22-12+. The molecule has 0 spiro atoms. The molecule has 6 heteroatoms. The first-order valence-corrected chi connectivity index (χ1v) is 9.22. The zero-order valence-corrected chi connectivity index (χ0v) is 15.4. The van der Waals surface area contributed by atoms with Crippen molar-refractivity contribution in [2.24, 2.45) is 5.10 Å². The molecule has 0 saturated heterocycles. The Hall–Kier alpha value is -3.38. The van der Waals surface area contributed by atoms with Crippen LogP contribution < -0.4 is 10.2 Å². The molecule has 0 aliphatic rings. The van der Waals surface area contributed by atoms with Gasteiger partial charge in [-0.2, -0.15) is 5.10 Å². The highest BCUT2D eigenvalue weighted by molar-refractivity contribution is 7.14. The highest BCUT2D eigenvalue weighted by atomic mass is 32.1. The van der Waals surface area contributed by atoms with Crippen LogP contribution in [0.4, 0.5) is 5.13 Å². The van der Waals surface area contributed by atoms with E-state index in [1.165, 1.54) is 11.3 Å². The number of hydrogen-bond acceptors (Lipinski definition) is 6. The number of nitrogens with zero attached hydrogens (tertiary/aromatic N) is 2. The number of rotatable bonds is 5. The highest BCUT2D eigenvalue weighted by Gasteiger charge is 2.06. The lowest BCUT2D eigenvalue weighted by molar-refractivity contribution is 0.415. The first-order valence-electron chi connectivity index (χ1n) is 8.34. The predicted octanol–water partition coefficient (Wildman–Crippen LogP) is 5.12. The van der Waals surface area contributed by atoms with Crippen LogP contribution in [0, 0.1) is 0 Å². The van der Waals surface area contributed by atoms with Crippen LogP contribution >= 0.6 is 11.3 Å². The quantitative estimate of drug-likeness (QED) is 0.375. The fraction of sp³-hybridized carbons (Fsp3) is 0.0476. The molecule has 0 atom stereocenters. The van der Waals surface area contributed by atoms with Crippen LogP contribution in [-0.2, 0) is 0 Å². The molecule has 27 heavy (non-hydrogen) atoms. The van der Waals surface area contributed by atoms with E-state index < -0.39 is 0 Å². The molecule has 3 aromatic carbocycles. The molecule has 2 N–H and O–H groups in total. The molecule has 134 valence electrons. The van der Waals surface area contributed by atoms with Crippen molar-refractivity contribution in [2.45, 2.75) is 0 Å². The molecule has 0 amide bonds. The Bertz CT molecular complexity index is 1100. The first kappa shape index (κ1) is 17.1. The van der Waals surface area contributed by atoms with Gasteiger partial charge in [-0.25, -0.2) is 4.98 Å². The number of aromatic hydroxyl groups is 1. The van der Waals surface area contributed by atoms with Gasteiger partial charge in [0.1, 0.15) is 11.5 Å². The second-order valence-corrected chi connectivity index (χ2v) is 6.71. The van der Waals surface area contributed by atoms with Crippen LogP contribution in [0.15, 0.2) is 71.1 Å².